The van der Waals surface area contributed by atoms with Gasteiger partial charge in [-0.25, -0.2) is 0 Å². The van der Waals surface area contributed by atoms with E-state index in [9.17, 15) is 9.59 Å². The number of nitrogens with one attached hydrogen (secondary N) is 2. The van der Waals surface area contributed by atoms with Crippen LogP contribution in [0, 0.1) is 0 Å². The third-order valence-electron chi connectivity index (χ3n) is 4.03. The van der Waals surface area contributed by atoms with Crippen LogP contribution in [-0.2, 0) is 0 Å². The minimum absolute atomic E-state index is 0.259. The van der Waals surface area contributed by atoms with Gasteiger partial charge >= 0.3 is 0 Å². The largest absolute Gasteiger partial charge is 0.494 e. The molecule has 0 fully saturated rings. The van der Waals surface area contributed by atoms with E-state index in [4.69, 9.17) is 16.3 Å². The highest BCUT2D eigenvalue weighted by molar-refractivity contribution is 6.31. The Labute approximate surface area is 174 Å². The number of hydrogen-bond donors (Lipinski definition) is 2. The highest BCUT2D eigenvalue weighted by Crippen LogP contribution is 2.19. The predicted molar refractivity (Wildman–Crippen MR) is 116 cm³/mol. The van der Waals surface area contributed by atoms with Crippen molar-refractivity contribution in [3.63, 3.8) is 0 Å². The lowest BCUT2D eigenvalue weighted by atomic mass is 10.2. The summed E-state index contributed by atoms with van der Waals surface area (Å²) in [5.74, 6) is 0.115. The Kier molecular flexibility index (Phi) is 6.87. The van der Waals surface area contributed by atoms with E-state index >= 15 is 0 Å². The number of benzene rings is 3. The lowest BCUT2D eigenvalue weighted by molar-refractivity contribution is 0.101. The van der Waals surface area contributed by atoms with Crippen molar-refractivity contribution in [1.82, 2.24) is 0 Å². The fourth-order valence-electron chi connectivity index (χ4n) is 2.66. The quantitative estimate of drug-likeness (QED) is 0.532. The van der Waals surface area contributed by atoms with E-state index in [1.807, 2.05) is 13.0 Å². The van der Waals surface area contributed by atoms with E-state index in [-0.39, 0.29) is 11.8 Å². The molecule has 0 bridgehead atoms. The molecule has 0 unspecified atom stereocenters. The molecule has 0 aromatic heterocycles. The summed E-state index contributed by atoms with van der Waals surface area (Å²) in [6.45, 7) is 2.62. The average molecular weight is 409 g/mol. The Morgan fingerprint density at radius 1 is 0.828 bits per heavy atom. The van der Waals surface area contributed by atoms with Gasteiger partial charge in [0.2, 0.25) is 0 Å². The number of carbonyl (C=O) groups is 2. The Morgan fingerprint density at radius 3 is 2.03 bits per heavy atom. The van der Waals surface area contributed by atoms with Crippen LogP contribution in [0.25, 0.3) is 0 Å². The summed E-state index contributed by atoms with van der Waals surface area (Å²) in [5.41, 5.74) is 2.08. The summed E-state index contributed by atoms with van der Waals surface area (Å²) in [6, 6.07) is 20.7. The first-order chi connectivity index (χ1) is 14.0. The van der Waals surface area contributed by atoms with E-state index in [2.05, 4.69) is 10.6 Å². The number of ether oxygens (including phenoxy) is 1. The van der Waals surface area contributed by atoms with Gasteiger partial charge in [0.15, 0.2) is 0 Å². The van der Waals surface area contributed by atoms with Crippen LogP contribution in [0.15, 0.2) is 72.8 Å². The molecule has 0 saturated heterocycles. The molecule has 29 heavy (non-hydrogen) atoms. The van der Waals surface area contributed by atoms with Gasteiger partial charge in [-0.1, -0.05) is 36.7 Å². The summed E-state index contributed by atoms with van der Waals surface area (Å²) >= 11 is 5.94. The molecular formula is C23H21ClN2O3. The summed E-state index contributed by atoms with van der Waals surface area (Å²) in [4.78, 5) is 24.9. The normalized spacial score (nSPS) is 10.3. The Morgan fingerprint density at radius 2 is 1.41 bits per heavy atom. The topological polar surface area (TPSA) is 67.4 Å². The summed E-state index contributed by atoms with van der Waals surface area (Å²) in [7, 11) is 0. The Hall–Kier alpha value is -3.31. The van der Waals surface area contributed by atoms with E-state index in [1.54, 1.807) is 66.7 Å². The Balaban J connectivity index is 1.68. The molecule has 3 rings (SSSR count). The molecule has 0 radical (unpaired) electrons. The molecule has 0 atom stereocenters. The van der Waals surface area contributed by atoms with Crippen molar-refractivity contribution in [3.8, 4) is 5.75 Å². The number of rotatable bonds is 7. The molecular weight excluding hydrogens is 388 g/mol. The van der Waals surface area contributed by atoms with E-state index in [0.717, 1.165) is 6.42 Å². The molecule has 0 saturated carbocycles. The molecule has 0 aliphatic heterocycles. The van der Waals surface area contributed by atoms with Crippen molar-refractivity contribution in [2.75, 3.05) is 17.2 Å². The maximum absolute atomic E-state index is 12.6. The van der Waals surface area contributed by atoms with Gasteiger partial charge in [0.25, 0.3) is 11.8 Å². The van der Waals surface area contributed by atoms with Crippen LogP contribution >= 0.6 is 11.6 Å². The van der Waals surface area contributed by atoms with E-state index < -0.39 is 0 Å². The third-order valence-corrected chi connectivity index (χ3v) is 4.27. The summed E-state index contributed by atoms with van der Waals surface area (Å²) in [6.07, 6.45) is 0.893. The van der Waals surface area contributed by atoms with Gasteiger partial charge in [-0.15, -0.1) is 0 Å². The van der Waals surface area contributed by atoms with Gasteiger partial charge in [0.05, 0.1) is 6.61 Å². The van der Waals surface area contributed by atoms with E-state index in [1.165, 1.54) is 0 Å². The lowest BCUT2D eigenvalue weighted by Crippen LogP contribution is -2.14. The van der Waals surface area contributed by atoms with Crippen molar-refractivity contribution >= 4 is 34.8 Å². The zero-order valence-electron chi connectivity index (χ0n) is 15.9. The van der Waals surface area contributed by atoms with Crippen LogP contribution in [0.1, 0.15) is 34.1 Å². The second kappa shape index (κ2) is 9.75. The minimum Gasteiger partial charge on any atom is -0.494 e. The van der Waals surface area contributed by atoms with Crippen LogP contribution in [0.3, 0.4) is 0 Å². The van der Waals surface area contributed by atoms with Crippen LogP contribution in [0.4, 0.5) is 11.4 Å². The number of amides is 2. The molecule has 6 heteroatoms. The molecule has 2 N–H and O–H groups in total. The minimum atomic E-state index is -0.281. The zero-order chi connectivity index (χ0) is 20.6. The molecule has 148 valence electrons. The van der Waals surface area contributed by atoms with Crippen LogP contribution in [-0.4, -0.2) is 18.4 Å². The van der Waals surface area contributed by atoms with Gasteiger partial charge in [0, 0.05) is 27.5 Å². The third kappa shape index (κ3) is 5.83. The number of halogens is 1. The van der Waals surface area contributed by atoms with Crippen LogP contribution in [0.5, 0.6) is 5.75 Å². The number of carbonyl (C=O) groups excluding carboxylic acids is 2. The smallest absolute Gasteiger partial charge is 0.255 e. The molecule has 0 aliphatic carbocycles. The molecule has 5 nitrogen and oxygen atoms in total. The van der Waals surface area contributed by atoms with Crippen LogP contribution < -0.4 is 15.4 Å². The predicted octanol–water partition coefficient (Wildman–Crippen LogP) is 5.63. The first-order valence-electron chi connectivity index (χ1n) is 9.26. The summed E-state index contributed by atoms with van der Waals surface area (Å²) in [5, 5.41) is 6.13. The van der Waals surface area contributed by atoms with Crippen molar-refractivity contribution in [3.05, 3.63) is 88.9 Å². The highest BCUT2D eigenvalue weighted by Gasteiger charge is 2.10. The van der Waals surface area contributed by atoms with Gasteiger partial charge in [-0.3, -0.25) is 9.59 Å². The standard InChI is InChI=1S/C23H21ClN2O3/c1-2-12-29-21-11-4-7-17(14-21)23(28)26-20-10-5-9-19(15-20)25-22(27)16-6-3-8-18(24)13-16/h3-11,13-15H,2,12H2,1H3,(H,25,27)(H,26,28). The average Bonchev–Trinajstić information content (AvgIpc) is 2.72. The lowest BCUT2D eigenvalue weighted by Gasteiger charge is -2.10. The first-order valence-corrected chi connectivity index (χ1v) is 9.64. The van der Waals surface area contributed by atoms with Gasteiger partial charge in [-0.05, 0) is 61.0 Å². The molecule has 0 heterocycles. The fraction of sp³-hybridized carbons (Fsp3) is 0.130. The second-order valence-corrected chi connectivity index (χ2v) is 6.81. The van der Waals surface area contributed by atoms with E-state index in [0.29, 0.717) is 39.9 Å². The number of hydrogen-bond acceptors (Lipinski definition) is 3. The van der Waals surface area contributed by atoms with Crippen molar-refractivity contribution in [1.29, 1.82) is 0 Å². The molecule has 3 aromatic carbocycles. The van der Waals surface area contributed by atoms with Crippen molar-refractivity contribution in [2.45, 2.75) is 13.3 Å². The molecule has 2 amide bonds. The molecule has 0 spiro atoms. The molecule has 3 aromatic rings. The first kappa shape index (κ1) is 20.4. The van der Waals surface area contributed by atoms with Crippen molar-refractivity contribution in [2.24, 2.45) is 0 Å². The maximum Gasteiger partial charge on any atom is 0.255 e. The van der Waals surface area contributed by atoms with Gasteiger partial charge in [0.1, 0.15) is 5.75 Å². The number of anilines is 2. The highest BCUT2D eigenvalue weighted by atomic mass is 35.5. The monoisotopic (exact) mass is 408 g/mol. The zero-order valence-corrected chi connectivity index (χ0v) is 16.7. The fourth-order valence-corrected chi connectivity index (χ4v) is 2.85. The maximum atomic E-state index is 12.6. The van der Waals surface area contributed by atoms with Crippen LogP contribution in [0.2, 0.25) is 5.02 Å². The SMILES string of the molecule is CCCOc1cccc(C(=O)Nc2cccc(NC(=O)c3cccc(Cl)c3)c2)c1. The summed E-state index contributed by atoms with van der Waals surface area (Å²) < 4.78 is 5.57. The second-order valence-electron chi connectivity index (χ2n) is 6.38. The van der Waals surface area contributed by atoms with Crippen molar-refractivity contribution < 1.29 is 14.3 Å². The van der Waals surface area contributed by atoms with Gasteiger partial charge < -0.3 is 15.4 Å². The molecule has 0 aliphatic rings. The Bertz CT molecular complexity index is 1020. The van der Waals surface area contributed by atoms with Gasteiger partial charge in [-0.2, -0.15) is 0 Å².